The topological polar surface area (TPSA) is 131 Å². The molecule has 10 heteroatoms. The Morgan fingerprint density at radius 3 is 2.62 bits per heavy atom. The highest BCUT2D eigenvalue weighted by Crippen LogP contribution is 2.22. The maximum Gasteiger partial charge on any atom is 0.313 e. The molecule has 0 spiro atoms. The predicted molar refractivity (Wildman–Crippen MR) is 79.7 cm³/mol. The van der Waals surface area contributed by atoms with E-state index in [1.165, 1.54) is 0 Å². The number of rotatable bonds is 4. The van der Waals surface area contributed by atoms with Gasteiger partial charge in [-0.1, -0.05) is 0 Å². The normalized spacial score (nSPS) is 16.2. The Balaban J connectivity index is 1.93. The molecule has 2 rings (SSSR count). The quantitative estimate of drug-likeness (QED) is 0.411. The molecule has 0 unspecified atom stereocenters. The monoisotopic (exact) mass is 341 g/mol. The highest BCUT2D eigenvalue weighted by atomic mass is 19.1. The Morgan fingerprint density at radius 2 is 2.00 bits per heavy atom. The second-order valence-corrected chi connectivity index (χ2v) is 5.40. The number of carbonyl (C=O) groups is 2. The summed E-state index contributed by atoms with van der Waals surface area (Å²) in [4.78, 5) is 33.2. The molecular weight excluding hydrogens is 325 g/mol. The van der Waals surface area contributed by atoms with E-state index in [4.69, 9.17) is 4.74 Å². The van der Waals surface area contributed by atoms with Crippen LogP contribution in [-0.4, -0.2) is 47.2 Å². The van der Waals surface area contributed by atoms with E-state index in [1.54, 1.807) is 0 Å². The van der Waals surface area contributed by atoms with Crippen molar-refractivity contribution < 1.29 is 28.7 Å². The van der Waals surface area contributed by atoms with Gasteiger partial charge in [0.05, 0.1) is 10.5 Å². The number of ether oxygens (including phenoxy) is 1. The number of nitro benzene ring substituents is 1. The van der Waals surface area contributed by atoms with Crippen LogP contribution < -0.4 is 10.6 Å². The molecular formula is C14H16FN3O6. The zero-order valence-corrected chi connectivity index (χ0v) is 12.6. The number of benzene rings is 1. The fraction of sp³-hybridized carbons (Fsp3) is 0.429. The van der Waals surface area contributed by atoms with Gasteiger partial charge < -0.3 is 20.5 Å². The maximum atomic E-state index is 13.2. The third-order valence-corrected chi connectivity index (χ3v) is 3.61. The summed E-state index contributed by atoms with van der Waals surface area (Å²) in [6, 6.07) is 2.72. The third-order valence-electron chi connectivity index (χ3n) is 3.61. The van der Waals surface area contributed by atoms with Crippen LogP contribution >= 0.6 is 0 Å². The predicted octanol–water partition coefficient (Wildman–Crippen LogP) is 0.330. The highest BCUT2D eigenvalue weighted by Gasteiger charge is 2.31. The van der Waals surface area contributed by atoms with Crippen molar-refractivity contribution in [3.63, 3.8) is 0 Å². The smallest absolute Gasteiger partial charge is 0.313 e. The van der Waals surface area contributed by atoms with Crippen molar-refractivity contribution in [2.75, 3.05) is 25.1 Å². The summed E-state index contributed by atoms with van der Waals surface area (Å²) in [5.41, 5.74) is -2.04. The van der Waals surface area contributed by atoms with Crippen molar-refractivity contribution in [3.05, 3.63) is 34.1 Å². The summed E-state index contributed by atoms with van der Waals surface area (Å²) in [6.07, 6.45) is 0.665. The number of halogens is 1. The molecule has 130 valence electrons. The number of aliphatic hydroxyl groups is 1. The van der Waals surface area contributed by atoms with Gasteiger partial charge in [-0.25, -0.2) is 0 Å². The van der Waals surface area contributed by atoms with Gasteiger partial charge in [0.2, 0.25) is 5.82 Å². The van der Waals surface area contributed by atoms with Crippen molar-refractivity contribution in [1.29, 1.82) is 0 Å². The molecule has 2 amide bonds. The van der Waals surface area contributed by atoms with Crippen molar-refractivity contribution >= 4 is 23.2 Å². The molecule has 9 nitrogen and oxygen atoms in total. The van der Waals surface area contributed by atoms with E-state index >= 15 is 0 Å². The molecule has 0 aliphatic carbocycles. The molecule has 1 saturated heterocycles. The van der Waals surface area contributed by atoms with Crippen LogP contribution in [0.25, 0.3) is 0 Å². The summed E-state index contributed by atoms with van der Waals surface area (Å²) >= 11 is 0. The Labute approximate surface area is 135 Å². The van der Waals surface area contributed by atoms with Gasteiger partial charge >= 0.3 is 17.5 Å². The van der Waals surface area contributed by atoms with Crippen LogP contribution in [0.15, 0.2) is 18.2 Å². The number of nitro groups is 1. The van der Waals surface area contributed by atoms with Gasteiger partial charge in [0, 0.05) is 44.4 Å². The van der Waals surface area contributed by atoms with Crippen LogP contribution in [0.5, 0.6) is 0 Å². The zero-order valence-electron chi connectivity index (χ0n) is 12.6. The zero-order chi connectivity index (χ0) is 17.7. The van der Waals surface area contributed by atoms with E-state index in [-0.39, 0.29) is 12.2 Å². The molecule has 1 fully saturated rings. The standard InChI is InChI=1S/C14H16FN3O6/c15-10-2-1-9(7-11(10)18(22)23)17-13(20)12(19)16-8-14(21)3-5-24-6-4-14/h1-2,7,21H,3-6,8H2,(H,16,19)(H,17,20). The fourth-order valence-corrected chi connectivity index (χ4v) is 2.17. The van der Waals surface area contributed by atoms with Crippen LogP contribution in [0.4, 0.5) is 15.8 Å². The Bertz CT molecular complexity index is 660. The largest absolute Gasteiger partial charge is 0.388 e. The van der Waals surface area contributed by atoms with Gasteiger partial charge in [-0.05, 0) is 12.1 Å². The summed E-state index contributed by atoms with van der Waals surface area (Å²) in [5, 5.41) is 25.3. The molecule has 0 saturated carbocycles. The SMILES string of the molecule is O=C(NCC1(O)CCOCC1)C(=O)Nc1ccc(F)c([N+](=O)[O-])c1. The summed E-state index contributed by atoms with van der Waals surface area (Å²) in [7, 11) is 0. The van der Waals surface area contributed by atoms with E-state index < -0.39 is 33.8 Å². The van der Waals surface area contributed by atoms with Gasteiger partial charge in [-0.3, -0.25) is 19.7 Å². The minimum Gasteiger partial charge on any atom is -0.388 e. The number of nitrogens with one attached hydrogen (secondary N) is 2. The van der Waals surface area contributed by atoms with Crippen LogP contribution in [0.3, 0.4) is 0 Å². The molecule has 0 bridgehead atoms. The van der Waals surface area contributed by atoms with Gasteiger partial charge in [0.25, 0.3) is 0 Å². The second kappa shape index (κ2) is 7.32. The second-order valence-electron chi connectivity index (χ2n) is 5.40. The van der Waals surface area contributed by atoms with E-state index in [0.29, 0.717) is 26.1 Å². The Morgan fingerprint density at radius 1 is 1.33 bits per heavy atom. The van der Waals surface area contributed by atoms with Crippen LogP contribution in [-0.2, 0) is 14.3 Å². The molecule has 0 radical (unpaired) electrons. The molecule has 1 heterocycles. The third kappa shape index (κ3) is 4.46. The van der Waals surface area contributed by atoms with E-state index in [1.807, 2.05) is 0 Å². The maximum absolute atomic E-state index is 13.2. The van der Waals surface area contributed by atoms with E-state index in [0.717, 1.165) is 18.2 Å². The highest BCUT2D eigenvalue weighted by molar-refractivity contribution is 6.39. The van der Waals surface area contributed by atoms with Crippen molar-refractivity contribution in [3.8, 4) is 0 Å². The Hall–Kier alpha value is -2.59. The molecule has 1 aliphatic heterocycles. The average molecular weight is 341 g/mol. The lowest BCUT2D eigenvalue weighted by Crippen LogP contribution is -2.48. The average Bonchev–Trinajstić information content (AvgIpc) is 2.55. The van der Waals surface area contributed by atoms with Crippen molar-refractivity contribution in [2.45, 2.75) is 18.4 Å². The number of nitrogens with zero attached hydrogens (tertiary/aromatic N) is 1. The van der Waals surface area contributed by atoms with Crippen LogP contribution in [0.2, 0.25) is 0 Å². The number of hydrogen-bond donors (Lipinski definition) is 3. The summed E-state index contributed by atoms with van der Waals surface area (Å²) in [6.45, 7) is 0.599. The van der Waals surface area contributed by atoms with Crippen molar-refractivity contribution in [2.24, 2.45) is 0 Å². The molecule has 24 heavy (non-hydrogen) atoms. The van der Waals surface area contributed by atoms with Crippen LogP contribution in [0.1, 0.15) is 12.8 Å². The first-order valence-corrected chi connectivity index (χ1v) is 7.14. The van der Waals surface area contributed by atoms with Gasteiger partial charge in [0.1, 0.15) is 0 Å². The van der Waals surface area contributed by atoms with Gasteiger partial charge in [-0.2, -0.15) is 4.39 Å². The Kier molecular flexibility index (Phi) is 5.42. The van der Waals surface area contributed by atoms with Gasteiger partial charge in [-0.15, -0.1) is 0 Å². The number of amides is 2. The molecule has 3 N–H and O–H groups in total. The number of hydrogen-bond acceptors (Lipinski definition) is 6. The summed E-state index contributed by atoms with van der Waals surface area (Å²) in [5.74, 6) is -3.14. The molecule has 1 aliphatic rings. The fourth-order valence-electron chi connectivity index (χ4n) is 2.17. The molecule has 1 aromatic rings. The molecule has 0 aromatic heterocycles. The summed E-state index contributed by atoms with van der Waals surface area (Å²) < 4.78 is 18.3. The van der Waals surface area contributed by atoms with E-state index in [2.05, 4.69) is 10.6 Å². The minimum atomic E-state index is -1.14. The minimum absolute atomic E-state index is 0.0898. The van der Waals surface area contributed by atoms with E-state index in [9.17, 15) is 29.2 Å². The number of carbonyl (C=O) groups excluding carboxylic acids is 2. The van der Waals surface area contributed by atoms with Gasteiger partial charge in [0.15, 0.2) is 0 Å². The molecule has 0 atom stereocenters. The lowest BCUT2D eigenvalue weighted by Gasteiger charge is -2.31. The first-order valence-electron chi connectivity index (χ1n) is 7.14. The van der Waals surface area contributed by atoms with Crippen LogP contribution in [0, 0.1) is 15.9 Å². The number of anilines is 1. The first-order chi connectivity index (χ1) is 11.3. The lowest BCUT2D eigenvalue weighted by molar-refractivity contribution is -0.387. The lowest BCUT2D eigenvalue weighted by atomic mass is 9.94. The first kappa shape index (κ1) is 17.8. The van der Waals surface area contributed by atoms with Crippen molar-refractivity contribution in [1.82, 2.24) is 5.32 Å². The molecule has 1 aromatic carbocycles.